The standard InChI is InChI=1S/C7H10O7/c8-2-1-7(2,14)5(11)3(9)4(10)6(12)13/h3-5,9-11,14H,1H2,(H,12,13)/t3-,4+,5+,7+/m1/s1. The number of hydrogen-bond acceptors (Lipinski definition) is 6. The molecule has 0 spiro atoms. The second kappa shape index (κ2) is 3.28. The van der Waals surface area contributed by atoms with E-state index in [4.69, 9.17) is 20.4 Å². The molecule has 0 heterocycles. The van der Waals surface area contributed by atoms with Gasteiger partial charge in [0.2, 0.25) is 0 Å². The summed E-state index contributed by atoms with van der Waals surface area (Å²) in [6, 6.07) is 0. The summed E-state index contributed by atoms with van der Waals surface area (Å²) in [4.78, 5) is 20.8. The highest BCUT2D eigenvalue weighted by Gasteiger charge is 2.61. The number of ketones is 1. The van der Waals surface area contributed by atoms with Crippen LogP contribution < -0.4 is 0 Å². The average molecular weight is 206 g/mol. The van der Waals surface area contributed by atoms with Crippen LogP contribution in [-0.4, -0.2) is 61.2 Å². The number of rotatable bonds is 4. The van der Waals surface area contributed by atoms with Gasteiger partial charge in [0.25, 0.3) is 0 Å². The minimum absolute atomic E-state index is 0.350. The van der Waals surface area contributed by atoms with Gasteiger partial charge >= 0.3 is 5.97 Å². The number of aliphatic hydroxyl groups excluding tert-OH is 3. The van der Waals surface area contributed by atoms with Crippen LogP contribution in [-0.2, 0) is 9.59 Å². The van der Waals surface area contributed by atoms with Gasteiger partial charge in [0.05, 0.1) is 0 Å². The van der Waals surface area contributed by atoms with Gasteiger partial charge < -0.3 is 25.5 Å². The van der Waals surface area contributed by atoms with Gasteiger partial charge in [-0.05, 0) is 0 Å². The summed E-state index contributed by atoms with van der Waals surface area (Å²) >= 11 is 0. The highest BCUT2D eigenvalue weighted by molar-refractivity contribution is 6.04. The van der Waals surface area contributed by atoms with Crippen molar-refractivity contribution in [3.05, 3.63) is 0 Å². The second-order valence-electron chi connectivity index (χ2n) is 3.24. The van der Waals surface area contributed by atoms with Gasteiger partial charge in [-0.2, -0.15) is 0 Å². The van der Waals surface area contributed by atoms with Gasteiger partial charge in [0, 0.05) is 6.42 Å². The Hall–Kier alpha value is -1.02. The predicted octanol–water partition coefficient (Wildman–Crippen LogP) is -3.14. The molecule has 1 fully saturated rings. The van der Waals surface area contributed by atoms with Crippen molar-refractivity contribution in [2.75, 3.05) is 0 Å². The lowest BCUT2D eigenvalue weighted by Gasteiger charge is -2.22. The number of carbonyl (C=O) groups is 2. The predicted molar refractivity (Wildman–Crippen MR) is 40.2 cm³/mol. The van der Waals surface area contributed by atoms with E-state index in [1.54, 1.807) is 0 Å². The number of hydrogen-bond donors (Lipinski definition) is 5. The Labute approximate surface area is 78.2 Å². The quantitative estimate of drug-likeness (QED) is 0.328. The van der Waals surface area contributed by atoms with Crippen LogP contribution in [0.4, 0.5) is 0 Å². The van der Waals surface area contributed by atoms with Crippen LogP contribution in [0.5, 0.6) is 0 Å². The van der Waals surface area contributed by atoms with Gasteiger partial charge in [-0.3, -0.25) is 4.79 Å². The molecular formula is C7H10O7. The summed E-state index contributed by atoms with van der Waals surface area (Å²) in [5, 5.41) is 44.5. The third-order valence-corrected chi connectivity index (χ3v) is 2.18. The molecule has 14 heavy (non-hydrogen) atoms. The molecular weight excluding hydrogens is 196 g/mol. The zero-order valence-corrected chi connectivity index (χ0v) is 6.99. The van der Waals surface area contributed by atoms with Crippen LogP contribution >= 0.6 is 0 Å². The normalized spacial score (nSPS) is 32.1. The first-order chi connectivity index (χ1) is 6.30. The van der Waals surface area contributed by atoms with Gasteiger partial charge in [0.15, 0.2) is 17.5 Å². The summed E-state index contributed by atoms with van der Waals surface area (Å²) < 4.78 is 0. The van der Waals surface area contributed by atoms with E-state index in [-0.39, 0.29) is 6.42 Å². The molecule has 0 radical (unpaired) electrons. The molecule has 0 bridgehead atoms. The summed E-state index contributed by atoms with van der Waals surface area (Å²) in [5.41, 5.74) is -2.10. The van der Waals surface area contributed by atoms with E-state index in [1.165, 1.54) is 0 Å². The van der Waals surface area contributed by atoms with E-state index in [1.807, 2.05) is 0 Å². The SMILES string of the molecule is O=C(O)[C@@H](O)[C@@H](O)[C@H](O)[C@]1(O)CC1=O. The van der Waals surface area contributed by atoms with Crippen molar-refractivity contribution in [1.82, 2.24) is 0 Å². The van der Waals surface area contributed by atoms with E-state index < -0.39 is 35.7 Å². The van der Waals surface area contributed by atoms with Crippen molar-refractivity contribution in [1.29, 1.82) is 0 Å². The van der Waals surface area contributed by atoms with E-state index >= 15 is 0 Å². The minimum Gasteiger partial charge on any atom is -0.479 e. The second-order valence-corrected chi connectivity index (χ2v) is 3.24. The number of carboxylic acid groups (broad SMARTS) is 1. The van der Waals surface area contributed by atoms with Gasteiger partial charge in [-0.25, -0.2) is 4.79 Å². The zero-order chi connectivity index (χ0) is 11.1. The molecule has 0 aromatic heterocycles. The first-order valence-corrected chi connectivity index (χ1v) is 3.83. The Morgan fingerprint density at radius 2 is 1.79 bits per heavy atom. The number of aliphatic carboxylic acids is 1. The van der Waals surface area contributed by atoms with Crippen molar-refractivity contribution in [2.24, 2.45) is 0 Å². The number of aliphatic hydroxyl groups is 4. The third-order valence-electron chi connectivity index (χ3n) is 2.18. The minimum atomic E-state index is -2.23. The molecule has 7 heteroatoms. The molecule has 1 aliphatic carbocycles. The van der Waals surface area contributed by atoms with E-state index in [9.17, 15) is 14.7 Å². The van der Waals surface area contributed by atoms with Gasteiger partial charge in [-0.1, -0.05) is 0 Å². The van der Waals surface area contributed by atoms with Crippen LogP contribution in [0.3, 0.4) is 0 Å². The molecule has 0 aliphatic heterocycles. The summed E-state index contributed by atoms with van der Waals surface area (Å²) in [7, 11) is 0. The summed E-state index contributed by atoms with van der Waals surface area (Å²) in [6.45, 7) is 0. The number of Topliss-reactive ketones (excluding diaryl/α,β-unsaturated/α-hetero) is 1. The van der Waals surface area contributed by atoms with E-state index in [0.29, 0.717) is 0 Å². The molecule has 80 valence electrons. The molecule has 1 aliphatic rings. The van der Waals surface area contributed by atoms with Crippen LogP contribution in [0.25, 0.3) is 0 Å². The summed E-state index contributed by atoms with van der Waals surface area (Å²) in [6.07, 6.45) is -6.66. The largest absolute Gasteiger partial charge is 0.479 e. The van der Waals surface area contributed by atoms with E-state index in [2.05, 4.69) is 0 Å². The van der Waals surface area contributed by atoms with Crippen LogP contribution in [0.2, 0.25) is 0 Å². The monoisotopic (exact) mass is 206 g/mol. The molecule has 0 unspecified atom stereocenters. The Balaban J connectivity index is 2.66. The highest BCUT2D eigenvalue weighted by atomic mass is 16.4. The zero-order valence-electron chi connectivity index (χ0n) is 6.99. The number of carboxylic acids is 1. The molecule has 0 amide bonds. The topological polar surface area (TPSA) is 135 Å². The average Bonchev–Trinajstić information content (AvgIpc) is 2.72. The van der Waals surface area contributed by atoms with Crippen LogP contribution in [0.1, 0.15) is 6.42 Å². The summed E-state index contributed by atoms with van der Waals surface area (Å²) in [5.74, 6) is -2.44. The Bertz CT molecular complexity index is 275. The number of carbonyl (C=O) groups excluding carboxylic acids is 1. The Kier molecular flexibility index (Phi) is 2.59. The smallest absolute Gasteiger partial charge is 0.335 e. The van der Waals surface area contributed by atoms with E-state index in [0.717, 1.165) is 0 Å². The Morgan fingerprint density at radius 1 is 1.36 bits per heavy atom. The molecule has 0 aromatic rings. The first kappa shape index (κ1) is 11.1. The van der Waals surface area contributed by atoms with Crippen molar-refractivity contribution in [2.45, 2.75) is 30.3 Å². The van der Waals surface area contributed by atoms with Crippen molar-refractivity contribution >= 4 is 11.8 Å². The Morgan fingerprint density at radius 3 is 2.07 bits per heavy atom. The van der Waals surface area contributed by atoms with Crippen LogP contribution in [0, 0.1) is 0 Å². The lowest BCUT2D eigenvalue weighted by atomic mass is 10.0. The molecule has 4 atom stereocenters. The fourth-order valence-electron chi connectivity index (χ4n) is 1.07. The van der Waals surface area contributed by atoms with Crippen molar-refractivity contribution < 1.29 is 35.1 Å². The maximum Gasteiger partial charge on any atom is 0.335 e. The third kappa shape index (κ3) is 1.62. The molecule has 5 N–H and O–H groups in total. The molecule has 0 aromatic carbocycles. The van der Waals surface area contributed by atoms with Gasteiger partial charge in [0.1, 0.15) is 12.2 Å². The van der Waals surface area contributed by atoms with Crippen molar-refractivity contribution in [3.63, 3.8) is 0 Å². The molecule has 0 saturated heterocycles. The van der Waals surface area contributed by atoms with Gasteiger partial charge in [-0.15, -0.1) is 0 Å². The molecule has 7 nitrogen and oxygen atoms in total. The fourth-order valence-corrected chi connectivity index (χ4v) is 1.07. The molecule has 1 saturated carbocycles. The molecule has 1 rings (SSSR count). The maximum absolute atomic E-state index is 10.6. The first-order valence-electron chi connectivity index (χ1n) is 3.83. The maximum atomic E-state index is 10.6. The van der Waals surface area contributed by atoms with Crippen molar-refractivity contribution in [3.8, 4) is 0 Å². The lowest BCUT2D eigenvalue weighted by Crippen LogP contribution is -2.49. The highest BCUT2D eigenvalue weighted by Crippen LogP contribution is 2.35. The lowest BCUT2D eigenvalue weighted by molar-refractivity contribution is -0.165. The fraction of sp³-hybridized carbons (Fsp3) is 0.714. The van der Waals surface area contributed by atoms with Crippen LogP contribution in [0.15, 0.2) is 0 Å².